The van der Waals surface area contributed by atoms with E-state index in [2.05, 4.69) is 10.6 Å². The summed E-state index contributed by atoms with van der Waals surface area (Å²) in [6, 6.07) is 16.6. The second-order valence-corrected chi connectivity index (χ2v) is 9.29. The molecule has 1 fully saturated rings. The summed E-state index contributed by atoms with van der Waals surface area (Å²) in [7, 11) is 0. The SMILES string of the molecule is CC(C)COC(=O)N1CCCN(CC(=O)Nc2ccccc2C(=O)NC(C)c2ccccc2)CC1. The molecule has 0 spiro atoms. The summed E-state index contributed by atoms with van der Waals surface area (Å²) in [6.07, 6.45) is 0.468. The zero-order chi connectivity index (χ0) is 25.2. The van der Waals surface area contributed by atoms with Crippen molar-refractivity contribution in [2.45, 2.75) is 33.2 Å². The van der Waals surface area contributed by atoms with Crippen LogP contribution in [0.3, 0.4) is 0 Å². The lowest BCUT2D eigenvalue weighted by Crippen LogP contribution is -2.38. The van der Waals surface area contributed by atoms with Crippen molar-refractivity contribution in [1.29, 1.82) is 0 Å². The Hall–Kier alpha value is -3.39. The van der Waals surface area contributed by atoms with Gasteiger partial charge in [0.2, 0.25) is 5.91 Å². The summed E-state index contributed by atoms with van der Waals surface area (Å²) in [6.45, 7) is 8.93. The zero-order valence-corrected chi connectivity index (χ0v) is 20.8. The predicted molar refractivity (Wildman–Crippen MR) is 136 cm³/mol. The number of anilines is 1. The van der Waals surface area contributed by atoms with Crippen molar-refractivity contribution in [3.63, 3.8) is 0 Å². The average molecular weight is 481 g/mol. The van der Waals surface area contributed by atoms with Crippen molar-refractivity contribution in [3.05, 3.63) is 65.7 Å². The first-order valence-electron chi connectivity index (χ1n) is 12.2. The smallest absolute Gasteiger partial charge is 0.409 e. The van der Waals surface area contributed by atoms with Crippen molar-refractivity contribution >= 4 is 23.6 Å². The summed E-state index contributed by atoms with van der Waals surface area (Å²) >= 11 is 0. The van der Waals surface area contributed by atoms with E-state index in [9.17, 15) is 14.4 Å². The van der Waals surface area contributed by atoms with Gasteiger partial charge in [0.1, 0.15) is 0 Å². The second kappa shape index (κ2) is 12.9. The Morgan fingerprint density at radius 2 is 1.63 bits per heavy atom. The van der Waals surface area contributed by atoms with Crippen molar-refractivity contribution in [2.24, 2.45) is 5.92 Å². The third kappa shape index (κ3) is 8.10. The van der Waals surface area contributed by atoms with Gasteiger partial charge >= 0.3 is 6.09 Å². The Bertz CT molecular complexity index is 996. The van der Waals surface area contributed by atoms with Gasteiger partial charge < -0.3 is 20.3 Å². The van der Waals surface area contributed by atoms with Crippen molar-refractivity contribution in [2.75, 3.05) is 44.6 Å². The molecule has 0 aromatic heterocycles. The van der Waals surface area contributed by atoms with Crippen LogP contribution in [0.5, 0.6) is 0 Å². The number of ether oxygens (including phenoxy) is 1. The van der Waals surface area contributed by atoms with Gasteiger partial charge in [0.25, 0.3) is 5.91 Å². The van der Waals surface area contributed by atoms with Gasteiger partial charge in [-0.1, -0.05) is 56.3 Å². The molecule has 0 aliphatic carbocycles. The zero-order valence-electron chi connectivity index (χ0n) is 20.8. The van der Waals surface area contributed by atoms with Gasteiger partial charge in [0.05, 0.1) is 30.4 Å². The monoisotopic (exact) mass is 480 g/mol. The molecule has 8 heteroatoms. The summed E-state index contributed by atoms with van der Waals surface area (Å²) < 4.78 is 5.34. The molecule has 3 rings (SSSR count). The minimum absolute atomic E-state index is 0.167. The van der Waals surface area contributed by atoms with Gasteiger partial charge in [-0.25, -0.2) is 4.79 Å². The number of nitrogens with one attached hydrogen (secondary N) is 2. The lowest BCUT2D eigenvalue weighted by atomic mass is 10.1. The first-order valence-corrected chi connectivity index (χ1v) is 12.2. The van der Waals surface area contributed by atoms with Crippen LogP contribution in [0.4, 0.5) is 10.5 Å². The lowest BCUT2D eigenvalue weighted by molar-refractivity contribution is -0.117. The van der Waals surface area contributed by atoms with E-state index in [0.29, 0.717) is 44.0 Å². The van der Waals surface area contributed by atoms with Crippen LogP contribution in [0.2, 0.25) is 0 Å². The Morgan fingerprint density at radius 3 is 2.37 bits per heavy atom. The number of benzene rings is 2. The van der Waals surface area contributed by atoms with E-state index < -0.39 is 0 Å². The molecule has 2 N–H and O–H groups in total. The maximum absolute atomic E-state index is 12.9. The fraction of sp³-hybridized carbons (Fsp3) is 0.444. The number of hydrogen-bond donors (Lipinski definition) is 2. The second-order valence-electron chi connectivity index (χ2n) is 9.29. The number of hydrogen-bond acceptors (Lipinski definition) is 5. The third-order valence-corrected chi connectivity index (χ3v) is 5.85. The molecule has 1 unspecified atom stereocenters. The molecule has 1 aliphatic heterocycles. The number of nitrogens with zero attached hydrogens (tertiary/aromatic N) is 2. The lowest BCUT2D eigenvalue weighted by Gasteiger charge is -2.22. The summed E-state index contributed by atoms with van der Waals surface area (Å²) in [5.41, 5.74) is 1.90. The fourth-order valence-electron chi connectivity index (χ4n) is 3.92. The van der Waals surface area contributed by atoms with E-state index in [0.717, 1.165) is 12.0 Å². The van der Waals surface area contributed by atoms with Crippen molar-refractivity contribution in [3.8, 4) is 0 Å². The summed E-state index contributed by atoms with van der Waals surface area (Å²) in [4.78, 5) is 41.7. The van der Waals surface area contributed by atoms with Crippen LogP contribution < -0.4 is 10.6 Å². The van der Waals surface area contributed by atoms with Gasteiger partial charge in [-0.2, -0.15) is 0 Å². The Kier molecular flexibility index (Phi) is 9.66. The molecule has 2 aromatic rings. The molecule has 2 aromatic carbocycles. The molecule has 35 heavy (non-hydrogen) atoms. The van der Waals surface area contributed by atoms with Gasteiger partial charge in [-0.05, 0) is 37.0 Å². The molecule has 188 valence electrons. The maximum atomic E-state index is 12.9. The number of amides is 3. The van der Waals surface area contributed by atoms with Crippen LogP contribution in [-0.4, -0.2) is 67.0 Å². The van der Waals surface area contributed by atoms with Gasteiger partial charge in [-0.3, -0.25) is 14.5 Å². The van der Waals surface area contributed by atoms with Crippen LogP contribution in [0.25, 0.3) is 0 Å². The van der Waals surface area contributed by atoms with Crippen LogP contribution in [0.15, 0.2) is 54.6 Å². The number of carbonyl (C=O) groups is 3. The van der Waals surface area contributed by atoms with E-state index in [1.165, 1.54) is 0 Å². The Labute approximate surface area is 207 Å². The van der Waals surface area contributed by atoms with Crippen molar-refractivity contribution < 1.29 is 19.1 Å². The predicted octanol–water partition coefficient (Wildman–Crippen LogP) is 3.92. The van der Waals surface area contributed by atoms with E-state index in [1.54, 1.807) is 29.2 Å². The van der Waals surface area contributed by atoms with Crippen LogP contribution >= 0.6 is 0 Å². The van der Waals surface area contributed by atoms with Crippen LogP contribution in [0.1, 0.15) is 49.2 Å². The van der Waals surface area contributed by atoms with E-state index in [-0.39, 0.29) is 36.4 Å². The van der Waals surface area contributed by atoms with Crippen LogP contribution in [-0.2, 0) is 9.53 Å². The summed E-state index contributed by atoms with van der Waals surface area (Å²) in [5, 5.41) is 5.89. The normalized spacial score (nSPS) is 15.3. The molecule has 8 nitrogen and oxygen atoms in total. The largest absolute Gasteiger partial charge is 0.449 e. The van der Waals surface area contributed by atoms with Crippen LogP contribution in [0, 0.1) is 5.92 Å². The molecule has 1 atom stereocenters. The quantitative estimate of drug-likeness (QED) is 0.598. The van der Waals surface area contributed by atoms with Gasteiger partial charge in [-0.15, -0.1) is 0 Å². The average Bonchev–Trinajstić information content (AvgIpc) is 3.08. The first-order chi connectivity index (χ1) is 16.8. The molecular weight excluding hydrogens is 444 g/mol. The molecule has 0 radical (unpaired) electrons. The topological polar surface area (TPSA) is 91.0 Å². The third-order valence-electron chi connectivity index (χ3n) is 5.85. The van der Waals surface area contributed by atoms with E-state index >= 15 is 0 Å². The van der Waals surface area contributed by atoms with E-state index in [4.69, 9.17) is 4.74 Å². The molecule has 0 saturated carbocycles. The first kappa shape index (κ1) is 26.2. The molecular formula is C27H36N4O4. The number of para-hydroxylation sites is 1. The minimum Gasteiger partial charge on any atom is -0.449 e. The highest BCUT2D eigenvalue weighted by molar-refractivity contribution is 6.04. The van der Waals surface area contributed by atoms with E-state index in [1.807, 2.05) is 56.0 Å². The highest BCUT2D eigenvalue weighted by atomic mass is 16.6. The highest BCUT2D eigenvalue weighted by Gasteiger charge is 2.22. The Balaban J connectivity index is 1.54. The molecule has 1 saturated heterocycles. The molecule has 1 aliphatic rings. The number of carbonyl (C=O) groups excluding carboxylic acids is 3. The molecule has 0 bridgehead atoms. The van der Waals surface area contributed by atoms with Gasteiger partial charge in [0.15, 0.2) is 0 Å². The molecule has 1 heterocycles. The molecule has 3 amide bonds. The summed E-state index contributed by atoms with van der Waals surface area (Å²) in [5.74, 6) is -0.155. The standard InChI is InChI=1S/C27H36N4O4/c1-20(2)19-35-27(34)31-15-9-14-30(16-17-31)18-25(32)29-24-13-8-7-12-23(24)26(33)28-21(3)22-10-5-4-6-11-22/h4-8,10-13,20-21H,9,14-19H2,1-3H3,(H,28,33)(H,29,32). The fourth-order valence-corrected chi connectivity index (χ4v) is 3.92. The van der Waals surface area contributed by atoms with Gasteiger partial charge in [0, 0.05) is 26.2 Å². The minimum atomic E-state index is -0.297. The maximum Gasteiger partial charge on any atom is 0.409 e. The van der Waals surface area contributed by atoms with Crippen molar-refractivity contribution in [1.82, 2.24) is 15.1 Å². The number of rotatable bonds is 8. The Morgan fingerprint density at radius 1 is 0.914 bits per heavy atom. The highest BCUT2D eigenvalue weighted by Crippen LogP contribution is 2.18.